The number of nitrogens with one attached hydrogen (secondary N) is 1. The van der Waals surface area contributed by atoms with E-state index in [1.54, 1.807) is 13.2 Å². The highest BCUT2D eigenvalue weighted by atomic mass is 19.1. The molecule has 3 nitrogen and oxygen atoms in total. The van der Waals surface area contributed by atoms with Crippen LogP contribution in [0.1, 0.15) is 11.1 Å². The lowest BCUT2D eigenvalue weighted by Crippen LogP contribution is -2.18. The van der Waals surface area contributed by atoms with Crippen molar-refractivity contribution in [1.82, 2.24) is 5.32 Å². The van der Waals surface area contributed by atoms with E-state index in [1.807, 2.05) is 37.3 Å². The highest BCUT2D eigenvalue weighted by Gasteiger charge is 2.07. The third-order valence-electron chi connectivity index (χ3n) is 3.12. The molecule has 1 N–H and O–H groups in total. The van der Waals surface area contributed by atoms with Crippen LogP contribution >= 0.6 is 0 Å². The first-order chi connectivity index (χ1) is 10.2. The zero-order valence-electron chi connectivity index (χ0n) is 12.4. The minimum atomic E-state index is -0.357. The predicted octanol–water partition coefficient (Wildman–Crippen LogP) is 3.66. The van der Waals surface area contributed by atoms with E-state index in [4.69, 9.17) is 9.47 Å². The molecule has 0 aliphatic rings. The second-order valence-electron chi connectivity index (χ2n) is 4.80. The van der Waals surface area contributed by atoms with Crippen molar-refractivity contribution in [2.75, 3.05) is 20.3 Å². The Morgan fingerprint density at radius 2 is 1.90 bits per heavy atom. The minimum absolute atomic E-state index is 0.241. The van der Waals surface area contributed by atoms with Crippen molar-refractivity contribution in [1.29, 1.82) is 0 Å². The zero-order valence-corrected chi connectivity index (χ0v) is 12.4. The van der Waals surface area contributed by atoms with E-state index < -0.39 is 0 Å². The van der Waals surface area contributed by atoms with Gasteiger partial charge in [0.25, 0.3) is 0 Å². The van der Waals surface area contributed by atoms with Gasteiger partial charge >= 0.3 is 0 Å². The quantitative estimate of drug-likeness (QED) is 0.789. The zero-order chi connectivity index (χ0) is 15.1. The number of methoxy groups -OCH3 is 1. The van der Waals surface area contributed by atoms with Crippen molar-refractivity contribution in [2.24, 2.45) is 0 Å². The Bertz CT molecular complexity index is 587. The molecule has 0 spiro atoms. The summed E-state index contributed by atoms with van der Waals surface area (Å²) in [6, 6.07) is 12.6. The second-order valence-corrected chi connectivity index (χ2v) is 4.80. The molecule has 2 rings (SSSR count). The molecule has 2 aromatic rings. The first-order valence-electron chi connectivity index (χ1n) is 6.92. The fourth-order valence-corrected chi connectivity index (χ4v) is 1.93. The molecule has 0 saturated carbocycles. The first-order valence-corrected chi connectivity index (χ1v) is 6.92. The molecule has 0 atom stereocenters. The molecule has 4 heteroatoms. The van der Waals surface area contributed by atoms with Crippen molar-refractivity contribution in [3.05, 3.63) is 59.4 Å². The molecule has 0 aliphatic carbocycles. The van der Waals surface area contributed by atoms with Crippen LogP contribution in [0.2, 0.25) is 0 Å². The highest BCUT2D eigenvalue weighted by Crippen LogP contribution is 2.27. The Morgan fingerprint density at radius 1 is 1.10 bits per heavy atom. The van der Waals surface area contributed by atoms with E-state index in [0.29, 0.717) is 18.9 Å². The average Bonchev–Trinajstić information content (AvgIpc) is 2.48. The number of hydrogen-bond acceptors (Lipinski definition) is 3. The van der Waals surface area contributed by atoms with Crippen LogP contribution in [0.15, 0.2) is 42.5 Å². The molecular formula is C17H20FNO2. The van der Waals surface area contributed by atoms with Gasteiger partial charge in [-0.1, -0.05) is 24.3 Å². The van der Waals surface area contributed by atoms with Crippen molar-refractivity contribution < 1.29 is 13.9 Å². The molecule has 0 fully saturated rings. The van der Waals surface area contributed by atoms with Crippen LogP contribution in [0.5, 0.6) is 11.5 Å². The summed E-state index contributed by atoms with van der Waals surface area (Å²) in [5, 5.41) is 3.18. The van der Waals surface area contributed by atoms with Crippen LogP contribution in [0.4, 0.5) is 4.39 Å². The van der Waals surface area contributed by atoms with Crippen LogP contribution in [0.25, 0.3) is 0 Å². The van der Waals surface area contributed by atoms with Crippen molar-refractivity contribution in [3.63, 3.8) is 0 Å². The number of rotatable bonds is 7. The van der Waals surface area contributed by atoms with Crippen molar-refractivity contribution in [2.45, 2.75) is 13.5 Å². The number of para-hydroxylation sites is 1. The number of ether oxygens (including phenoxy) is 2. The Kier molecular flexibility index (Phi) is 5.72. The van der Waals surface area contributed by atoms with Crippen LogP contribution in [-0.4, -0.2) is 20.3 Å². The lowest BCUT2D eigenvalue weighted by atomic mass is 10.2. The summed E-state index contributed by atoms with van der Waals surface area (Å²) in [6.45, 7) is 3.91. The largest absolute Gasteiger partial charge is 0.454 e. The van der Waals surface area contributed by atoms with Gasteiger partial charge in [-0.3, -0.25) is 0 Å². The topological polar surface area (TPSA) is 30.5 Å². The van der Waals surface area contributed by atoms with E-state index in [1.165, 1.54) is 6.07 Å². The maximum Gasteiger partial charge on any atom is 0.166 e. The van der Waals surface area contributed by atoms with E-state index in [0.717, 1.165) is 17.7 Å². The number of aryl methyl sites for hydroxylation is 1. The third-order valence-corrected chi connectivity index (χ3v) is 3.12. The lowest BCUT2D eigenvalue weighted by molar-refractivity contribution is 0.199. The van der Waals surface area contributed by atoms with Crippen LogP contribution < -0.4 is 10.1 Å². The summed E-state index contributed by atoms with van der Waals surface area (Å²) >= 11 is 0. The summed E-state index contributed by atoms with van der Waals surface area (Å²) in [4.78, 5) is 0. The van der Waals surface area contributed by atoms with E-state index in [-0.39, 0.29) is 11.6 Å². The summed E-state index contributed by atoms with van der Waals surface area (Å²) in [5.74, 6) is 0.552. The van der Waals surface area contributed by atoms with Gasteiger partial charge in [0.05, 0.1) is 6.61 Å². The Labute approximate surface area is 124 Å². The highest BCUT2D eigenvalue weighted by molar-refractivity contribution is 5.38. The normalized spacial score (nSPS) is 10.6. The van der Waals surface area contributed by atoms with Crippen molar-refractivity contribution in [3.8, 4) is 11.5 Å². The van der Waals surface area contributed by atoms with Crippen LogP contribution in [0.3, 0.4) is 0 Å². The smallest absolute Gasteiger partial charge is 0.166 e. The monoisotopic (exact) mass is 289 g/mol. The maximum atomic E-state index is 14.1. The van der Waals surface area contributed by atoms with Gasteiger partial charge in [0, 0.05) is 20.2 Å². The van der Waals surface area contributed by atoms with Gasteiger partial charge in [-0.25, -0.2) is 4.39 Å². The molecule has 0 saturated heterocycles. The molecule has 21 heavy (non-hydrogen) atoms. The summed E-state index contributed by atoms with van der Waals surface area (Å²) < 4.78 is 24.6. The molecule has 0 radical (unpaired) electrons. The Balaban J connectivity index is 2.01. The summed E-state index contributed by atoms with van der Waals surface area (Å²) in [5.41, 5.74) is 1.85. The number of benzene rings is 2. The van der Waals surface area contributed by atoms with Gasteiger partial charge < -0.3 is 14.8 Å². The van der Waals surface area contributed by atoms with E-state index in [2.05, 4.69) is 5.32 Å². The van der Waals surface area contributed by atoms with Crippen molar-refractivity contribution >= 4 is 0 Å². The maximum absolute atomic E-state index is 14.1. The summed E-state index contributed by atoms with van der Waals surface area (Å²) in [6.07, 6.45) is 0. The van der Waals surface area contributed by atoms with Gasteiger partial charge in [0.2, 0.25) is 0 Å². The Morgan fingerprint density at radius 3 is 2.62 bits per heavy atom. The van der Waals surface area contributed by atoms with Gasteiger partial charge in [-0.05, 0) is 36.2 Å². The molecule has 0 aliphatic heterocycles. The van der Waals surface area contributed by atoms with Gasteiger partial charge in [0.15, 0.2) is 11.6 Å². The molecule has 0 heterocycles. The average molecular weight is 289 g/mol. The lowest BCUT2D eigenvalue weighted by Gasteiger charge is -2.10. The molecule has 112 valence electrons. The van der Waals surface area contributed by atoms with Gasteiger partial charge in [-0.2, -0.15) is 0 Å². The minimum Gasteiger partial charge on any atom is -0.454 e. The fraction of sp³-hybridized carbons (Fsp3) is 0.294. The van der Waals surface area contributed by atoms with Crippen LogP contribution in [-0.2, 0) is 11.3 Å². The number of halogens is 1. The van der Waals surface area contributed by atoms with Gasteiger partial charge in [-0.15, -0.1) is 0 Å². The molecule has 2 aromatic carbocycles. The molecule has 0 bridgehead atoms. The molecule has 0 aromatic heterocycles. The predicted molar refractivity (Wildman–Crippen MR) is 81.2 cm³/mol. The van der Waals surface area contributed by atoms with E-state index >= 15 is 0 Å². The Hall–Kier alpha value is -1.91. The van der Waals surface area contributed by atoms with E-state index in [9.17, 15) is 4.39 Å². The van der Waals surface area contributed by atoms with Crippen LogP contribution in [0, 0.1) is 12.7 Å². The summed E-state index contributed by atoms with van der Waals surface area (Å²) in [7, 11) is 1.65. The first kappa shape index (κ1) is 15.5. The second kappa shape index (κ2) is 7.76. The SMILES string of the molecule is COCCNCc1ccc(Oc2ccccc2C)c(F)c1. The molecular weight excluding hydrogens is 269 g/mol. The fourth-order valence-electron chi connectivity index (χ4n) is 1.93. The molecule has 0 unspecified atom stereocenters. The number of hydrogen-bond donors (Lipinski definition) is 1. The standard InChI is InChI=1S/C17H20FNO2/c1-13-5-3-4-6-16(13)21-17-8-7-14(11-15(17)18)12-19-9-10-20-2/h3-8,11,19H,9-10,12H2,1-2H3. The molecule has 0 amide bonds. The third kappa shape index (κ3) is 4.55. The van der Waals surface area contributed by atoms with Gasteiger partial charge in [0.1, 0.15) is 5.75 Å².